The Bertz CT molecular complexity index is 1290. The fraction of sp³-hybridized carbons (Fsp3) is 0.419. The molecule has 2 aliphatic rings. The Hall–Kier alpha value is -3.09. The number of H-pyrrole nitrogens is 1. The summed E-state index contributed by atoms with van der Waals surface area (Å²) >= 11 is 6.16. The number of Topliss-reactive ketones (excluding diaryl/α,β-unsaturated/α-hetero) is 1. The van der Waals surface area contributed by atoms with E-state index in [1.54, 1.807) is 13.3 Å². The number of fused-ring (bicyclic) bond motifs is 1. The van der Waals surface area contributed by atoms with Crippen LogP contribution in [0.5, 0.6) is 11.6 Å². The Morgan fingerprint density at radius 1 is 1.26 bits per heavy atom. The van der Waals surface area contributed by atoms with E-state index < -0.39 is 0 Å². The van der Waals surface area contributed by atoms with E-state index in [0.29, 0.717) is 23.9 Å². The van der Waals surface area contributed by atoms with Gasteiger partial charge in [0.05, 0.1) is 31.4 Å². The van der Waals surface area contributed by atoms with Gasteiger partial charge in [-0.05, 0) is 79.1 Å². The van der Waals surface area contributed by atoms with Crippen LogP contribution in [0.3, 0.4) is 0 Å². The molecule has 2 aliphatic heterocycles. The molecule has 1 saturated heterocycles. The SMILES string of the molecule is C/C=C(/C(=O)C1COc2ccc(Cl)cc2C1)c1ccc(-c2cn[nH]c2OC)cc1C(C)C.CCC1CCN1. The molecule has 6 nitrogen and oxygen atoms in total. The lowest BCUT2D eigenvalue weighted by Crippen LogP contribution is -2.41. The van der Waals surface area contributed by atoms with E-state index in [9.17, 15) is 4.79 Å². The number of aromatic amines is 1. The van der Waals surface area contributed by atoms with Crippen molar-refractivity contribution >= 4 is 23.0 Å². The summed E-state index contributed by atoms with van der Waals surface area (Å²) in [6, 6.07) is 12.6. The molecular weight excluding hydrogens is 498 g/mol. The van der Waals surface area contributed by atoms with E-state index in [1.165, 1.54) is 19.4 Å². The highest BCUT2D eigenvalue weighted by Crippen LogP contribution is 2.37. The normalized spacial score (nSPS) is 18.6. The third-order valence-corrected chi connectivity index (χ3v) is 7.59. The van der Waals surface area contributed by atoms with Gasteiger partial charge < -0.3 is 14.8 Å². The number of ether oxygens (including phenoxy) is 2. The molecule has 0 spiro atoms. The summed E-state index contributed by atoms with van der Waals surface area (Å²) in [7, 11) is 1.61. The summed E-state index contributed by atoms with van der Waals surface area (Å²) in [5, 5.41) is 10.9. The number of allylic oxidation sites excluding steroid dienone is 2. The molecule has 0 bridgehead atoms. The molecule has 0 aliphatic carbocycles. The van der Waals surface area contributed by atoms with Crippen LogP contribution in [0.1, 0.15) is 63.1 Å². The van der Waals surface area contributed by atoms with Crippen molar-refractivity contribution in [2.24, 2.45) is 5.92 Å². The van der Waals surface area contributed by atoms with Gasteiger partial charge in [-0.25, -0.2) is 5.10 Å². The zero-order valence-electron chi connectivity index (χ0n) is 22.9. The smallest absolute Gasteiger partial charge is 0.216 e. The van der Waals surface area contributed by atoms with Crippen LogP contribution in [0.25, 0.3) is 16.7 Å². The predicted octanol–water partition coefficient (Wildman–Crippen LogP) is 6.84. The Morgan fingerprint density at radius 2 is 2.05 bits per heavy atom. The van der Waals surface area contributed by atoms with Crippen molar-refractivity contribution in [3.63, 3.8) is 0 Å². The summed E-state index contributed by atoms with van der Waals surface area (Å²) in [4.78, 5) is 13.6. The molecule has 0 radical (unpaired) electrons. The van der Waals surface area contributed by atoms with Crippen LogP contribution in [0.4, 0.5) is 0 Å². The monoisotopic (exact) mass is 535 g/mol. The van der Waals surface area contributed by atoms with Gasteiger partial charge in [-0.1, -0.05) is 56.6 Å². The maximum absolute atomic E-state index is 13.6. The molecule has 202 valence electrons. The van der Waals surface area contributed by atoms with E-state index in [1.807, 2.05) is 43.3 Å². The van der Waals surface area contributed by atoms with Crippen molar-refractivity contribution in [2.75, 3.05) is 20.3 Å². The summed E-state index contributed by atoms with van der Waals surface area (Å²) in [6.45, 7) is 10.0. The molecular formula is C31H38ClN3O3. The van der Waals surface area contributed by atoms with Gasteiger partial charge in [0.15, 0.2) is 5.78 Å². The molecule has 2 N–H and O–H groups in total. The Labute approximate surface area is 230 Å². The van der Waals surface area contributed by atoms with Gasteiger partial charge in [0.25, 0.3) is 0 Å². The average molecular weight is 536 g/mol. The number of carbonyl (C=O) groups is 1. The lowest BCUT2D eigenvalue weighted by atomic mass is 9.83. The van der Waals surface area contributed by atoms with Crippen molar-refractivity contribution in [1.82, 2.24) is 15.5 Å². The first-order valence-corrected chi connectivity index (χ1v) is 13.8. The third kappa shape index (κ3) is 6.13. The highest BCUT2D eigenvalue weighted by molar-refractivity contribution is 6.30. The number of benzene rings is 2. The highest BCUT2D eigenvalue weighted by Gasteiger charge is 2.30. The topological polar surface area (TPSA) is 76.2 Å². The molecule has 3 aromatic rings. The number of nitrogens with one attached hydrogen (secondary N) is 2. The second kappa shape index (κ2) is 12.6. The predicted molar refractivity (Wildman–Crippen MR) is 154 cm³/mol. The summed E-state index contributed by atoms with van der Waals surface area (Å²) in [5.41, 5.74) is 5.64. The number of rotatable bonds is 7. The number of nitrogens with zero attached hydrogens (tertiary/aromatic N) is 1. The Morgan fingerprint density at radius 3 is 2.66 bits per heavy atom. The zero-order chi connectivity index (χ0) is 27.2. The van der Waals surface area contributed by atoms with Crippen LogP contribution in [0.2, 0.25) is 5.02 Å². The van der Waals surface area contributed by atoms with Gasteiger partial charge in [0.1, 0.15) is 5.75 Å². The molecule has 2 atom stereocenters. The molecule has 7 heteroatoms. The van der Waals surface area contributed by atoms with Crippen LogP contribution in [-0.2, 0) is 11.2 Å². The van der Waals surface area contributed by atoms with Crippen molar-refractivity contribution in [3.8, 4) is 22.8 Å². The Balaban J connectivity index is 0.000000494. The second-order valence-electron chi connectivity index (χ2n) is 10.2. The zero-order valence-corrected chi connectivity index (χ0v) is 23.7. The van der Waals surface area contributed by atoms with E-state index in [0.717, 1.165) is 45.2 Å². The fourth-order valence-electron chi connectivity index (χ4n) is 4.97. The van der Waals surface area contributed by atoms with Crippen LogP contribution in [-0.4, -0.2) is 42.3 Å². The first-order valence-electron chi connectivity index (χ1n) is 13.4. The van der Waals surface area contributed by atoms with Crippen molar-refractivity contribution in [3.05, 3.63) is 70.4 Å². The average Bonchev–Trinajstić information content (AvgIpc) is 3.37. The minimum Gasteiger partial charge on any atom is -0.493 e. The number of aromatic nitrogens is 2. The van der Waals surface area contributed by atoms with Gasteiger partial charge in [0, 0.05) is 16.6 Å². The molecule has 5 rings (SSSR count). The van der Waals surface area contributed by atoms with Gasteiger partial charge in [-0.15, -0.1) is 0 Å². The molecule has 2 aromatic carbocycles. The second-order valence-corrected chi connectivity index (χ2v) is 10.6. The maximum Gasteiger partial charge on any atom is 0.216 e. The van der Waals surface area contributed by atoms with Crippen molar-refractivity contribution in [2.45, 2.75) is 58.9 Å². The number of halogens is 1. The maximum atomic E-state index is 13.6. The molecule has 0 amide bonds. The van der Waals surface area contributed by atoms with E-state index >= 15 is 0 Å². The molecule has 2 unspecified atom stereocenters. The quantitative estimate of drug-likeness (QED) is 0.324. The largest absolute Gasteiger partial charge is 0.493 e. The number of hydrogen-bond donors (Lipinski definition) is 2. The van der Waals surface area contributed by atoms with Crippen molar-refractivity contribution < 1.29 is 14.3 Å². The lowest BCUT2D eigenvalue weighted by Gasteiger charge is -2.26. The first kappa shape index (κ1) is 27.9. The van der Waals surface area contributed by atoms with Crippen LogP contribution in [0.15, 0.2) is 48.7 Å². The third-order valence-electron chi connectivity index (χ3n) is 7.36. The summed E-state index contributed by atoms with van der Waals surface area (Å²) < 4.78 is 11.3. The fourth-order valence-corrected chi connectivity index (χ4v) is 5.16. The molecule has 1 fully saturated rings. The standard InChI is InChI=1S/C26H27ClN2O3.C5H11N/c1-5-20(25(30)18-10-17-11-19(27)7-9-24(17)32-14-18)21-8-6-16(12-22(21)15(2)3)23-13-28-29-26(23)31-4;1-2-5-3-4-6-5/h5-9,11-13,15,18H,10,14H2,1-4H3,(H,28,29);5-6H,2-4H2,1H3/b20-5+;. The number of ketones is 1. The molecule has 38 heavy (non-hydrogen) atoms. The van der Waals surface area contributed by atoms with Gasteiger partial charge in [-0.3, -0.25) is 4.79 Å². The van der Waals surface area contributed by atoms with Crippen molar-refractivity contribution in [1.29, 1.82) is 0 Å². The van der Waals surface area contributed by atoms with Crippen LogP contribution in [0, 0.1) is 5.92 Å². The van der Waals surface area contributed by atoms with Gasteiger partial charge in [0.2, 0.25) is 5.88 Å². The highest BCUT2D eigenvalue weighted by atomic mass is 35.5. The van der Waals surface area contributed by atoms with Gasteiger partial charge in [-0.2, -0.15) is 5.10 Å². The summed E-state index contributed by atoms with van der Waals surface area (Å²) in [5.74, 6) is 1.50. The molecule has 3 heterocycles. The summed E-state index contributed by atoms with van der Waals surface area (Å²) in [6.07, 6.45) is 6.99. The van der Waals surface area contributed by atoms with E-state index in [-0.39, 0.29) is 17.6 Å². The van der Waals surface area contributed by atoms with E-state index in [4.69, 9.17) is 21.1 Å². The molecule has 1 aromatic heterocycles. The minimum atomic E-state index is -0.249. The minimum absolute atomic E-state index is 0.0914. The first-order chi connectivity index (χ1) is 18.4. The van der Waals surface area contributed by atoms with E-state index in [2.05, 4.69) is 42.4 Å². The number of hydrogen-bond acceptors (Lipinski definition) is 5. The van der Waals surface area contributed by atoms with Crippen LogP contribution < -0.4 is 14.8 Å². The van der Waals surface area contributed by atoms with Crippen LogP contribution >= 0.6 is 11.6 Å². The number of methoxy groups -OCH3 is 1. The Kier molecular flexibility index (Phi) is 9.29. The molecule has 0 saturated carbocycles. The number of carbonyl (C=O) groups excluding carboxylic acids is 1. The lowest BCUT2D eigenvalue weighted by molar-refractivity contribution is -0.118. The van der Waals surface area contributed by atoms with Gasteiger partial charge >= 0.3 is 0 Å².